The molecule has 6 nitrogen and oxygen atoms in total. The highest BCUT2D eigenvalue weighted by atomic mass is 15.0. The first-order valence-corrected chi connectivity index (χ1v) is 11.7. The highest BCUT2D eigenvalue weighted by Gasteiger charge is 2.17. The molecule has 0 atom stereocenters. The molecule has 0 spiro atoms. The number of pyridine rings is 4. The predicted octanol–water partition coefficient (Wildman–Crippen LogP) is 6.44. The SMILES string of the molecule is c1ccc(-c2nc(-c3ccc(-c4nc(-c5ccccn5)c5ccccn45)cc3)n3ccccc23)nc1. The van der Waals surface area contributed by atoms with Crippen LogP contribution in [0.2, 0.25) is 0 Å². The van der Waals surface area contributed by atoms with Gasteiger partial charge in [-0.25, -0.2) is 9.97 Å². The standard InChI is InChI=1S/C30H20N6/c1-5-17-31-23(9-1)27-25-11-3-7-19-35(25)29(33-27)21-13-15-22(16-14-21)30-34-28(24-10-2-6-18-32-24)26-12-4-8-20-36(26)30/h1-20H. The van der Waals surface area contributed by atoms with E-state index in [4.69, 9.17) is 9.97 Å². The lowest BCUT2D eigenvalue weighted by molar-refractivity contribution is 1.15. The first-order valence-electron chi connectivity index (χ1n) is 11.7. The van der Waals surface area contributed by atoms with Crippen molar-refractivity contribution in [1.29, 1.82) is 0 Å². The summed E-state index contributed by atoms with van der Waals surface area (Å²) in [4.78, 5) is 19.0. The van der Waals surface area contributed by atoms with Gasteiger partial charge in [0.2, 0.25) is 0 Å². The Labute approximate surface area is 207 Å². The number of hydrogen-bond donors (Lipinski definition) is 0. The molecule has 0 unspecified atom stereocenters. The normalized spacial score (nSPS) is 11.3. The average Bonchev–Trinajstić information content (AvgIpc) is 3.54. The molecule has 0 aliphatic heterocycles. The summed E-state index contributed by atoms with van der Waals surface area (Å²) >= 11 is 0. The molecule has 170 valence electrons. The second kappa shape index (κ2) is 8.29. The summed E-state index contributed by atoms with van der Waals surface area (Å²) in [5.74, 6) is 1.75. The van der Waals surface area contributed by atoms with E-state index in [1.54, 1.807) is 12.4 Å². The minimum absolute atomic E-state index is 0.856. The van der Waals surface area contributed by atoms with Crippen molar-refractivity contribution in [3.8, 4) is 45.6 Å². The van der Waals surface area contributed by atoms with Crippen molar-refractivity contribution in [2.24, 2.45) is 0 Å². The van der Waals surface area contributed by atoms with E-state index in [9.17, 15) is 0 Å². The molecule has 6 aromatic heterocycles. The van der Waals surface area contributed by atoms with Crippen LogP contribution >= 0.6 is 0 Å². The van der Waals surface area contributed by atoms with E-state index in [0.29, 0.717) is 0 Å². The number of imidazole rings is 2. The van der Waals surface area contributed by atoms with Crippen molar-refractivity contribution in [3.05, 3.63) is 122 Å². The smallest absolute Gasteiger partial charge is 0.145 e. The Balaban J connectivity index is 1.34. The van der Waals surface area contributed by atoms with Gasteiger partial charge in [-0.15, -0.1) is 0 Å². The van der Waals surface area contributed by atoms with Crippen molar-refractivity contribution < 1.29 is 0 Å². The summed E-state index contributed by atoms with van der Waals surface area (Å²) in [7, 11) is 0. The average molecular weight is 465 g/mol. The van der Waals surface area contributed by atoms with Crippen LogP contribution < -0.4 is 0 Å². The molecule has 7 rings (SSSR count). The lowest BCUT2D eigenvalue weighted by atomic mass is 10.1. The Kier molecular flexibility index (Phi) is 4.67. The maximum Gasteiger partial charge on any atom is 0.145 e. The van der Waals surface area contributed by atoms with Crippen molar-refractivity contribution in [1.82, 2.24) is 28.7 Å². The van der Waals surface area contributed by atoms with E-state index in [1.165, 1.54) is 0 Å². The second-order valence-corrected chi connectivity index (χ2v) is 8.49. The molecular formula is C30H20N6. The van der Waals surface area contributed by atoms with Gasteiger partial charge in [-0.1, -0.05) is 48.5 Å². The fraction of sp³-hybridized carbons (Fsp3) is 0. The van der Waals surface area contributed by atoms with Crippen LogP contribution in [0, 0.1) is 0 Å². The molecule has 0 amide bonds. The van der Waals surface area contributed by atoms with E-state index in [2.05, 4.69) is 55.2 Å². The minimum Gasteiger partial charge on any atom is -0.299 e. The van der Waals surface area contributed by atoms with Crippen LogP contribution in [-0.2, 0) is 0 Å². The van der Waals surface area contributed by atoms with Crippen LogP contribution in [0.4, 0.5) is 0 Å². The lowest BCUT2D eigenvalue weighted by Gasteiger charge is -2.04. The van der Waals surface area contributed by atoms with E-state index in [0.717, 1.165) is 56.6 Å². The van der Waals surface area contributed by atoms with E-state index >= 15 is 0 Å². The first-order chi connectivity index (χ1) is 17.9. The molecule has 0 fully saturated rings. The summed E-state index contributed by atoms with van der Waals surface area (Å²) < 4.78 is 4.23. The van der Waals surface area contributed by atoms with Crippen LogP contribution in [-0.4, -0.2) is 28.7 Å². The third kappa shape index (κ3) is 3.27. The van der Waals surface area contributed by atoms with Gasteiger partial charge in [-0.2, -0.15) is 0 Å². The zero-order valence-corrected chi connectivity index (χ0v) is 19.2. The molecule has 6 heterocycles. The van der Waals surface area contributed by atoms with Crippen LogP contribution in [0.15, 0.2) is 122 Å². The fourth-order valence-electron chi connectivity index (χ4n) is 4.63. The maximum absolute atomic E-state index is 5.00. The largest absolute Gasteiger partial charge is 0.299 e. The highest BCUT2D eigenvalue weighted by Crippen LogP contribution is 2.32. The van der Waals surface area contributed by atoms with Gasteiger partial charge in [0.15, 0.2) is 0 Å². The zero-order valence-electron chi connectivity index (χ0n) is 19.2. The molecule has 0 bridgehead atoms. The quantitative estimate of drug-likeness (QED) is 0.301. The Bertz CT molecular complexity index is 1680. The molecule has 0 aliphatic rings. The van der Waals surface area contributed by atoms with Crippen LogP contribution in [0.25, 0.3) is 56.6 Å². The highest BCUT2D eigenvalue weighted by molar-refractivity contribution is 5.82. The Morgan fingerprint density at radius 1 is 0.444 bits per heavy atom. The van der Waals surface area contributed by atoms with Gasteiger partial charge in [0, 0.05) is 35.9 Å². The van der Waals surface area contributed by atoms with Gasteiger partial charge in [0.1, 0.15) is 23.0 Å². The molecule has 36 heavy (non-hydrogen) atoms. The molecule has 0 aliphatic carbocycles. The summed E-state index contributed by atoms with van der Waals surface area (Å²) in [5.41, 5.74) is 7.54. The Hall–Kier alpha value is -5.10. The summed E-state index contributed by atoms with van der Waals surface area (Å²) in [6.07, 6.45) is 7.68. The number of hydrogen-bond acceptors (Lipinski definition) is 4. The monoisotopic (exact) mass is 464 g/mol. The van der Waals surface area contributed by atoms with Crippen LogP contribution in [0.5, 0.6) is 0 Å². The molecule has 6 heteroatoms. The number of rotatable bonds is 4. The number of fused-ring (bicyclic) bond motifs is 2. The topological polar surface area (TPSA) is 60.4 Å². The van der Waals surface area contributed by atoms with Crippen LogP contribution in [0.1, 0.15) is 0 Å². The Morgan fingerprint density at radius 2 is 0.889 bits per heavy atom. The fourth-order valence-corrected chi connectivity index (χ4v) is 4.63. The van der Waals surface area contributed by atoms with Crippen LogP contribution in [0.3, 0.4) is 0 Å². The summed E-state index contributed by atoms with van der Waals surface area (Å²) in [5, 5.41) is 0. The van der Waals surface area contributed by atoms with Gasteiger partial charge >= 0.3 is 0 Å². The number of aromatic nitrogens is 6. The minimum atomic E-state index is 0.856. The molecule has 0 saturated carbocycles. The van der Waals surface area contributed by atoms with Gasteiger partial charge < -0.3 is 0 Å². The van der Waals surface area contributed by atoms with Gasteiger partial charge in [0.05, 0.1) is 22.4 Å². The molecule has 0 N–H and O–H groups in total. The van der Waals surface area contributed by atoms with Crippen molar-refractivity contribution in [3.63, 3.8) is 0 Å². The van der Waals surface area contributed by atoms with Gasteiger partial charge in [-0.05, 0) is 48.5 Å². The van der Waals surface area contributed by atoms with E-state index < -0.39 is 0 Å². The number of nitrogens with zero attached hydrogens (tertiary/aromatic N) is 6. The molecule has 0 saturated heterocycles. The van der Waals surface area contributed by atoms with E-state index in [-0.39, 0.29) is 0 Å². The molecule has 1 aromatic carbocycles. The van der Waals surface area contributed by atoms with Gasteiger partial charge in [-0.3, -0.25) is 18.8 Å². The zero-order chi connectivity index (χ0) is 23.9. The summed E-state index contributed by atoms with van der Waals surface area (Å²) in [6, 6.07) is 32.4. The Morgan fingerprint density at radius 3 is 1.31 bits per heavy atom. The van der Waals surface area contributed by atoms with Crippen molar-refractivity contribution in [2.75, 3.05) is 0 Å². The second-order valence-electron chi connectivity index (χ2n) is 8.49. The first kappa shape index (κ1) is 20.3. The van der Waals surface area contributed by atoms with Gasteiger partial charge in [0.25, 0.3) is 0 Å². The predicted molar refractivity (Wildman–Crippen MR) is 141 cm³/mol. The number of benzene rings is 1. The third-order valence-corrected chi connectivity index (χ3v) is 6.31. The van der Waals surface area contributed by atoms with E-state index in [1.807, 2.05) is 73.1 Å². The third-order valence-electron chi connectivity index (χ3n) is 6.31. The van der Waals surface area contributed by atoms with Crippen molar-refractivity contribution in [2.45, 2.75) is 0 Å². The molecule has 0 radical (unpaired) electrons. The van der Waals surface area contributed by atoms with Crippen molar-refractivity contribution >= 4 is 11.0 Å². The molecular weight excluding hydrogens is 444 g/mol. The maximum atomic E-state index is 5.00. The lowest BCUT2D eigenvalue weighted by Crippen LogP contribution is -1.91. The summed E-state index contributed by atoms with van der Waals surface area (Å²) in [6.45, 7) is 0. The molecule has 7 aromatic rings.